The first-order valence-electron chi connectivity index (χ1n) is 6.23. The largest absolute Gasteiger partial charge is 0.306 e. The Morgan fingerprint density at radius 1 is 1.05 bits per heavy atom. The summed E-state index contributed by atoms with van der Waals surface area (Å²) in [6.07, 6.45) is 0. The molecule has 19 heavy (non-hydrogen) atoms. The van der Waals surface area contributed by atoms with Crippen LogP contribution in [0.15, 0.2) is 42.5 Å². The fraction of sp³-hybridized carbons (Fsp3) is 0.214. The first-order valence-corrected chi connectivity index (χ1v) is 6.23. The molecule has 5 heteroatoms. The normalized spacial score (nSPS) is 11.0. The van der Waals surface area contributed by atoms with Crippen LogP contribution in [0.2, 0.25) is 0 Å². The van der Waals surface area contributed by atoms with Gasteiger partial charge in [-0.05, 0) is 21.5 Å². The average molecular weight is 253 g/mol. The molecule has 0 aliphatic carbocycles. The van der Waals surface area contributed by atoms with E-state index in [0.717, 1.165) is 6.54 Å². The van der Waals surface area contributed by atoms with E-state index < -0.39 is 0 Å². The summed E-state index contributed by atoms with van der Waals surface area (Å²) >= 11 is 0. The summed E-state index contributed by atoms with van der Waals surface area (Å²) in [6, 6.07) is 14.7. The smallest absolute Gasteiger partial charge is 0.188 e. The van der Waals surface area contributed by atoms with Crippen LogP contribution in [0.5, 0.6) is 0 Å². The van der Waals surface area contributed by atoms with Gasteiger partial charge in [0.25, 0.3) is 0 Å². The molecule has 0 radical (unpaired) electrons. The molecule has 0 bridgehead atoms. The Hall–Kier alpha value is -2.27. The van der Waals surface area contributed by atoms with Crippen LogP contribution < -0.4 is 5.32 Å². The maximum absolute atomic E-state index is 4.14. The molecule has 1 heterocycles. The number of aromatic nitrogens is 4. The third kappa shape index (κ3) is 2.61. The minimum atomic E-state index is 0.622. The molecule has 5 nitrogen and oxygen atoms in total. The van der Waals surface area contributed by atoms with Gasteiger partial charge in [0.2, 0.25) is 0 Å². The lowest BCUT2D eigenvalue weighted by molar-refractivity contribution is 0.619. The maximum Gasteiger partial charge on any atom is 0.188 e. The van der Waals surface area contributed by atoms with Crippen molar-refractivity contribution in [2.24, 2.45) is 7.05 Å². The van der Waals surface area contributed by atoms with E-state index in [4.69, 9.17) is 0 Å². The van der Waals surface area contributed by atoms with E-state index in [1.54, 1.807) is 7.05 Å². The number of benzene rings is 2. The molecule has 3 rings (SSSR count). The molecule has 0 aliphatic heterocycles. The summed E-state index contributed by atoms with van der Waals surface area (Å²) in [5.41, 5.74) is 1.28. The number of hydrogen-bond donors (Lipinski definition) is 1. The SMILES string of the molecule is Cn1nnc(CNCc2cccc3ccccc23)n1. The van der Waals surface area contributed by atoms with E-state index in [9.17, 15) is 0 Å². The Morgan fingerprint density at radius 2 is 1.89 bits per heavy atom. The van der Waals surface area contributed by atoms with Crippen molar-refractivity contribution in [1.29, 1.82) is 0 Å². The molecule has 0 atom stereocenters. The van der Waals surface area contributed by atoms with E-state index in [0.29, 0.717) is 12.4 Å². The van der Waals surface area contributed by atoms with Gasteiger partial charge in [-0.2, -0.15) is 4.80 Å². The van der Waals surface area contributed by atoms with Gasteiger partial charge in [-0.25, -0.2) is 0 Å². The van der Waals surface area contributed by atoms with Crippen LogP contribution in [0.25, 0.3) is 10.8 Å². The second-order valence-electron chi connectivity index (χ2n) is 4.44. The maximum atomic E-state index is 4.14. The van der Waals surface area contributed by atoms with Gasteiger partial charge in [0.1, 0.15) is 0 Å². The standard InChI is InChI=1S/C14H15N5/c1-19-17-14(16-18-19)10-15-9-12-7-4-6-11-5-2-3-8-13(11)12/h2-8,15H,9-10H2,1H3. The Labute approximate surface area is 111 Å². The highest BCUT2D eigenvalue weighted by molar-refractivity contribution is 5.85. The molecule has 0 unspecified atom stereocenters. The first-order chi connectivity index (χ1) is 9.33. The van der Waals surface area contributed by atoms with Gasteiger partial charge in [-0.1, -0.05) is 42.5 Å². The zero-order valence-corrected chi connectivity index (χ0v) is 10.7. The number of nitrogens with zero attached hydrogens (tertiary/aromatic N) is 4. The van der Waals surface area contributed by atoms with Crippen molar-refractivity contribution in [3.05, 3.63) is 53.9 Å². The number of hydrogen-bond acceptors (Lipinski definition) is 4. The van der Waals surface area contributed by atoms with Gasteiger partial charge in [0.15, 0.2) is 5.82 Å². The third-order valence-corrected chi connectivity index (χ3v) is 3.03. The molecule has 0 saturated carbocycles. The Balaban J connectivity index is 1.71. The van der Waals surface area contributed by atoms with Gasteiger partial charge in [-0.3, -0.25) is 0 Å². The molecule has 0 aliphatic rings. The molecule has 3 aromatic rings. The van der Waals surface area contributed by atoms with Crippen molar-refractivity contribution in [1.82, 2.24) is 25.5 Å². The second-order valence-corrected chi connectivity index (χ2v) is 4.44. The molecule has 0 amide bonds. The Bertz CT molecular complexity index is 684. The summed E-state index contributed by atoms with van der Waals surface area (Å²) in [6.45, 7) is 1.41. The van der Waals surface area contributed by atoms with Crippen LogP contribution >= 0.6 is 0 Å². The fourth-order valence-electron chi connectivity index (χ4n) is 2.15. The molecular formula is C14H15N5. The van der Waals surface area contributed by atoms with E-state index >= 15 is 0 Å². The van der Waals surface area contributed by atoms with Gasteiger partial charge < -0.3 is 5.32 Å². The van der Waals surface area contributed by atoms with Crippen molar-refractivity contribution < 1.29 is 0 Å². The van der Waals surface area contributed by atoms with Crippen molar-refractivity contribution >= 4 is 10.8 Å². The Kier molecular flexibility index (Phi) is 3.20. The van der Waals surface area contributed by atoms with Crippen molar-refractivity contribution in [3.8, 4) is 0 Å². The number of aryl methyl sites for hydroxylation is 1. The van der Waals surface area contributed by atoms with Gasteiger partial charge in [-0.15, -0.1) is 10.2 Å². The summed E-state index contributed by atoms with van der Waals surface area (Å²) in [7, 11) is 1.77. The van der Waals surface area contributed by atoms with E-state index in [1.807, 2.05) is 0 Å². The van der Waals surface area contributed by atoms with Gasteiger partial charge >= 0.3 is 0 Å². The van der Waals surface area contributed by atoms with Crippen LogP contribution in [0.3, 0.4) is 0 Å². The monoisotopic (exact) mass is 253 g/mol. The van der Waals surface area contributed by atoms with Crippen LogP contribution in [0.1, 0.15) is 11.4 Å². The zero-order valence-electron chi connectivity index (χ0n) is 10.7. The minimum absolute atomic E-state index is 0.622. The minimum Gasteiger partial charge on any atom is -0.306 e. The van der Waals surface area contributed by atoms with Crippen molar-refractivity contribution in [2.75, 3.05) is 0 Å². The van der Waals surface area contributed by atoms with Crippen LogP contribution in [0, 0.1) is 0 Å². The highest BCUT2D eigenvalue weighted by atomic mass is 15.6. The summed E-state index contributed by atoms with van der Waals surface area (Å²) in [5, 5.41) is 17.8. The second kappa shape index (κ2) is 5.16. The summed E-state index contributed by atoms with van der Waals surface area (Å²) in [4.78, 5) is 1.47. The molecular weight excluding hydrogens is 238 g/mol. The van der Waals surface area contributed by atoms with E-state index in [-0.39, 0.29) is 0 Å². The zero-order chi connectivity index (χ0) is 13.1. The quantitative estimate of drug-likeness (QED) is 0.768. The number of fused-ring (bicyclic) bond motifs is 1. The third-order valence-electron chi connectivity index (χ3n) is 3.03. The molecule has 1 aromatic heterocycles. The summed E-state index contributed by atoms with van der Waals surface area (Å²) < 4.78 is 0. The predicted octanol–water partition coefficient (Wildman–Crippen LogP) is 1.65. The molecule has 0 fully saturated rings. The predicted molar refractivity (Wildman–Crippen MR) is 73.3 cm³/mol. The van der Waals surface area contributed by atoms with Gasteiger partial charge in [0.05, 0.1) is 13.6 Å². The molecule has 1 N–H and O–H groups in total. The summed E-state index contributed by atoms with van der Waals surface area (Å²) in [5.74, 6) is 0.711. The lowest BCUT2D eigenvalue weighted by atomic mass is 10.0. The lowest BCUT2D eigenvalue weighted by Crippen LogP contribution is -2.14. The molecule has 2 aromatic carbocycles. The van der Waals surface area contributed by atoms with Crippen molar-refractivity contribution in [2.45, 2.75) is 13.1 Å². The number of tetrazole rings is 1. The van der Waals surface area contributed by atoms with Crippen molar-refractivity contribution in [3.63, 3.8) is 0 Å². The Morgan fingerprint density at radius 3 is 2.74 bits per heavy atom. The molecule has 0 spiro atoms. The fourth-order valence-corrected chi connectivity index (χ4v) is 2.15. The van der Waals surface area contributed by atoms with Crippen LogP contribution in [-0.2, 0) is 20.1 Å². The number of nitrogens with one attached hydrogen (secondary N) is 1. The molecule has 96 valence electrons. The highest BCUT2D eigenvalue weighted by Gasteiger charge is 2.02. The number of rotatable bonds is 4. The first kappa shape index (κ1) is 11.8. The van der Waals surface area contributed by atoms with Gasteiger partial charge in [0, 0.05) is 6.54 Å². The average Bonchev–Trinajstić information content (AvgIpc) is 2.85. The van der Waals surface area contributed by atoms with E-state index in [1.165, 1.54) is 21.1 Å². The van der Waals surface area contributed by atoms with E-state index in [2.05, 4.69) is 63.2 Å². The molecule has 0 saturated heterocycles. The lowest BCUT2D eigenvalue weighted by Gasteiger charge is -2.06. The topological polar surface area (TPSA) is 55.6 Å². The van der Waals surface area contributed by atoms with Crippen LogP contribution in [0.4, 0.5) is 0 Å². The van der Waals surface area contributed by atoms with Crippen LogP contribution in [-0.4, -0.2) is 20.2 Å². The highest BCUT2D eigenvalue weighted by Crippen LogP contribution is 2.18.